The van der Waals surface area contributed by atoms with Crippen LogP contribution in [0.3, 0.4) is 0 Å². The Morgan fingerprint density at radius 2 is 1.88 bits per heavy atom. The number of likely N-dealkylation sites (tertiary alicyclic amines) is 1. The predicted octanol–water partition coefficient (Wildman–Crippen LogP) is 1.64. The smallest absolute Gasteiger partial charge is 0.235 e. The largest absolute Gasteiger partial charge is 0.369 e. The summed E-state index contributed by atoms with van der Waals surface area (Å²) in [6.07, 6.45) is 1.85. The summed E-state index contributed by atoms with van der Waals surface area (Å²) in [6, 6.07) is 13.3. The third-order valence-electron chi connectivity index (χ3n) is 7.04. The number of amides is 4. The second kappa shape index (κ2) is 9.21. The van der Waals surface area contributed by atoms with Crippen molar-refractivity contribution >= 4 is 34.4 Å². The first-order chi connectivity index (χ1) is 15.8. The van der Waals surface area contributed by atoms with Crippen molar-refractivity contribution in [2.45, 2.75) is 38.6 Å². The standard InChI is InChI=1S/C25H30N4O4/c1-2-29-15-19(13-21(29)30)22(31)28-20(14-27-24(33)25(23(26)32)10-5-11-25)18-9-8-16-6-3-4-7-17(16)12-18/h3-4,6-9,12,19-20H,2,5,10-11,13-15H2,1H3,(H2,26,32)(H,27,33)(H,28,31). The molecule has 2 aromatic rings. The SMILES string of the molecule is CCN1CC(C(=O)NC(CNC(=O)C2(C(N)=O)CCC2)c2ccc3ccccc3c2)CC1=O. The molecule has 2 unspecified atom stereocenters. The summed E-state index contributed by atoms with van der Waals surface area (Å²) in [4.78, 5) is 51.5. The number of nitrogens with zero attached hydrogens (tertiary/aromatic N) is 1. The predicted molar refractivity (Wildman–Crippen MR) is 124 cm³/mol. The molecule has 2 fully saturated rings. The van der Waals surface area contributed by atoms with E-state index in [1.54, 1.807) is 4.90 Å². The highest BCUT2D eigenvalue weighted by molar-refractivity contribution is 6.05. The maximum Gasteiger partial charge on any atom is 0.235 e. The van der Waals surface area contributed by atoms with E-state index in [4.69, 9.17) is 5.73 Å². The van der Waals surface area contributed by atoms with Crippen LogP contribution in [0.25, 0.3) is 10.8 Å². The lowest BCUT2D eigenvalue weighted by molar-refractivity contribution is -0.147. The molecule has 1 heterocycles. The van der Waals surface area contributed by atoms with Gasteiger partial charge in [-0.2, -0.15) is 0 Å². The van der Waals surface area contributed by atoms with E-state index in [1.807, 2.05) is 49.4 Å². The monoisotopic (exact) mass is 450 g/mol. The average molecular weight is 451 g/mol. The highest BCUT2D eigenvalue weighted by Gasteiger charge is 2.49. The fourth-order valence-electron chi connectivity index (χ4n) is 4.70. The summed E-state index contributed by atoms with van der Waals surface area (Å²) in [5, 5.41) is 7.96. The molecule has 0 radical (unpaired) electrons. The molecule has 2 atom stereocenters. The number of carbonyl (C=O) groups is 4. The molecule has 0 bridgehead atoms. The van der Waals surface area contributed by atoms with Crippen LogP contribution >= 0.6 is 0 Å². The van der Waals surface area contributed by atoms with E-state index >= 15 is 0 Å². The Kier molecular flexibility index (Phi) is 6.35. The lowest BCUT2D eigenvalue weighted by atomic mass is 9.67. The quantitative estimate of drug-likeness (QED) is 0.529. The van der Waals surface area contributed by atoms with Crippen LogP contribution in [0.1, 0.15) is 44.2 Å². The lowest BCUT2D eigenvalue weighted by Crippen LogP contribution is -2.55. The van der Waals surface area contributed by atoms with E-state index in [1.165, 1.54) is 0 Å². The van der Waals surface area contributed by atoms with Gasteiger partial charge < -0.3 is 21.3 Å². The van der Waals surface area contributed by atoms with E-state index in [9.17, 15) is 19.2 Å². The van der Waals surface area contributed by atoms with Crippen LogP contribution in [0, 0.1) is 11.3 Å². The summed E-state index contributed by atoms with van der Waals surface area (Å²) in [6.45, 7) is 2.97. The molecule has 4 N–H and O–H groups in total. The minimum Gasteiger partial charge on any atom is -0.369 e. The Hall–Kier alpha value is -3.42. The van der Waals surface area contributed by atoms with Crippen molar-refractivity contribution in [3.63, 3.8) is 0 Å². The van der Waals surface area contributed by atoms with E-state index in [2.05, 4.69) is 10.6 Å². The van der Waals surface area contributed by atoms with Crippen molar-refractivity contribution < 1.29 is 19.2 Å². The molecule has 2 aliphatic rings. The molecule has 1 aliphatic carbocycles. The van der Waals surface area contributed by atoms with Gasteiger partial charge in [-0.15, -0.1) is 0 Å². The van der Waals surface area contributed by atoms with Crippen LogP contribution in [0.4, 0.5) is 0 Å². The molecule has 8 nitrogen and oxygen atoms in total. The molecule has 1 saturated heterocycles. The number of hydrogen-bond donors (Lipinski definition) is 3. The van der Waals surface area contributed by atoms with Crippen molar-refractivity contribution in [1.29, 1.82) is 0 Å². The van der Waals surface area contributed by atoms with Crippen LogP contribution in [-0.4, -0.2) is 48.2 Å². The normalized spacial score (nSPS) is 20.2. The Morgan fingerprint density at radius 1 is 1.15 bits per heavy atom. The van der Waals surface area contributed by atoms with Crippen LogP contribution in [0.2, 0.25) is 0 Å². The number of primary amides is 1. The zero-order valence-corrected chi connectivity index (χ0v) is 18.8. The maximum absolute atomic E-state index is 13.0. The first kappa shape index (κ1) is 22.8. The first-order valence-corrected chi connectivity index (χ1v) is 11.5. The second-order valence-corrected chi connectivity index (χ2v) is 9.01. The number of hydrogen-bond acceptors (Lipinski definition) is 4. The molecule has 4 rings (SSSR count). The summed E-state index contributed by atoms with van der Waals surface area (Å²) in [5.74, 6) is -1.68. The van der Waals surface area contributed by atoms with Crippen molar-refractivity contribution in [3.8, 4) is 0 Å². The number of rotatable bonds is 8. The first-order valence-electron chi connectivity index (χ1n) is 11.5. The van der Waals surface area contributed by atoms with Crippen LogP contribution in [0.5, 0.6) is 0 Å². The fraction of sp³-hybridized carbons (Fsp3) is 0.440. The molecule has 174 valence electrons. The molecule has 2 aromatic carbocycles. The number of carbonyl (C=O) groups excluding carboxylic acids is 4. The molecule has 8 heteroatoms. The number of fused-ring (bicyclic) bond motifs is 1. The van der Waals surface area contributed by atoms with E-state index in [0.717, 1.165) is 22.8 Å². The van der Waals surface area contributed by atoms with Gasteiger partial charge in [-0.05, 0) is 42.2 Å². The average Bonchev–Trinajstić information content (AvgIpc) is 3.16. The van der Waals surface area contributed by atoms with Gasteiger partial charge in [0.15, 0.2) is 0 Å². The third kappa shape index (κ3) is 4.42. The Morgan fingerprint density at radius 3 is 2.48 bits per heavy atom. The highest BCUT2D eigenvalue weighted by Crippen LogP contribution is 2.40. The second-order valence-electron chi connectivity index (χ2n) is 9.01. The molecular weight excluding hydrogens is 420 g/mol. The summed E-state index contributed by atoms with van der Waals surface area (Å²) < 4.78 is 0. The Balaban J connectivity index is 1.53. The van der Waals surface area contributed by atoms with Gasteiger partial charge in [-0.3, -0.25) is 19.2 Å². The molecular formula is C25H30N4O4. The van der Waals surface area contributed by atoms with Crippen molar-refractivity contribution in [1.82, 2.24) is 15.5 Å². The van der Waals surface area contributed by atoms with Gasteiger partial charge in [0.1, 0.15) is 5.41 Å². The van der Waals surface area contributed by atoms with Crippen LogP contribution < -0.4 is 16.4 Å². The minimum absolute atomic E-state index is 0.0263. The van der Waals surface area contributed by atoms with Crippen LogP contribution in [-0.2, 0) is 19.2 Å². The summed E-state index contributed by atoms with van der Waals surface area (Å²) >= 11 is 0. The van der Waals surface area contributed by atoms with Crippen molar-refractivity contribution in [3.05, 3.63) is 48.0 Å². The number of nitrogens with one attached hydrogen (secondary N) is 2. The van der Waals surface area contributed by atoms with Gasteiger partial charge >= 0.3 is 0 Å². The maximum atomic E-state index is 13.0. The topological polar surface area (TPSA) is 122 Å². The fourth-order valence-corrected chi connectivity index (χ4v) is 4.70. The Labute approximate surface area is 192 Å². The van der Waals surface area contributed by atoms with E-state index in [0.29, 0.717) is 25.9 Å². The zero-order chi connectivity index (χ0) is 23.6. The van der Waals surface area contributed by atoms with E-state index in [-0.39, 0.29) is 24.8 Å². The van der Waals surface area contributed by atoms with Crippen molar-refractivity contribution in [2.75, 3.05) is 19.6 Å². The number of benzene rings is 2. The summed E-state index contributed by atoms with van der Waals surface area (Å²) in [5.41, 5.74) is 5.19. The van der Waals surface area contributed by atoms with Gasteiger partial charge in [0.25, 0.3) is 0 Å². The Bertz CT molecular complexity index is 1090. The molecule has 1 saturated carbocycles. The van der Waals surface area contributed by atoms with Crippen molar-refractivity contribution in [2.24, 2.45) is 17.1 Å². The van der Waals surface area contributed by atoms with Gasteiger partial charge in [-0.1, -0.05) is 42.8 Å². The van der Waals surface area contributed by atoms with Gasteiger partial charge in [-0.25, -0.2) is 0 Å². The number of nitrogens with two attached hydrogens (primary N) is 1. The minimum atomic E-state index is -1.16. The lowest BCUT2D eigenvalue weighted by Gasteiger charge is -2.37. The molecule has 33 heavy (non-hydrogen) atoms. The molecule has 0 aromatic heterocycles. The van der Waals surface area contributed by atoms with E-state index < -0.39 is 29.2 Å². The summed E-state index contributed by atoms with van der Waals surface area (Å²) in [7, 11) is 0. The van der Waals surface area contributed by atoms with Gasteiger partial charge in [0.05, 0.1) is 12.0 Å². The van der Waals surface area contributed by atoms with Gasteiger partial charge in [0.2, 0.25) is 23.6 Å². The van der Waals surface area contributed by atoms with Gasteiger partial charge in [0, 0.05) is 26.1 Å². The van der Waals surface area contributed by atoms with Crippen LogP contribution in [0.15, 0.2) is 42.5 Å². The zero-order valence-electron chi connectivity index (χ0n) is 18.8. The highest BCUT2D eigenvalue weighted by atomic mass is 16.2. The third-order valence-corrected chi connectivity index (χ3v) is 7.04. The molecule has 1 aliphatic heterocycles. The molecule has 0 spiro atoms. The molecule has 4 amide bonds.